The highest BCUT2D eigenvalue weighted by atomic mass is 127. The fraction of sp³-hybridized carbons (Fsp3) is 0.350. The van der Waals surface area contributed by atoms with Gasteiger partial charge in [-0.2, -0.15) is 5.10 Å². The molecule has 3 rings (SSSR count). The van der Waals surface area contributed by atoms with Gasteiger partial charge in [-0.15, -0.1) is 24.0 Å². The Morgan fingerprint density at radius 3 is 2.61 bits per heavy atom. The Labute approximate surface area is 182 Å². The standard InChI is InChI=1S/C20H26N6O.HI/c1-4-21-20(23-12-19-25-15(2)16(3)27-19)22-10-18-11-24-26(14-18)13-17-8-6-5-7-9-17;/h5-9,11,14H,4,10,12-13H2,1-3H3,(H2,21,22,23);1H. The molecule has 0 aliphatic rings. The van der Waals surface area contributed by atoms with Gasteiger partial charge in [0.15, 0.2) is 5.96 Å². The molecule has 0 saturated heterocycles. The van der Waals surface area contributed by atoms with Crippen molar-refractivity contribution in [1.29, 1.82) is 0 Å². The number of oxazole rings is 1. The second-order valence-corrected chi connectivity index (χ2v) is 6.33. The quantitative estimate of drug-likeness (QED) is 0.299. The van der Waals surface area contributed by atoms with Crippen LogP contribution in [0, 0.1) is 13.8 Å². The van der Waals surface area contributed by atoms with Gasteiger partial charge in [0.05, 0.1) is 31.5 Å². The summed E-state index contributed by atoms with van der Waals surface area (Å²) in [4.78, 5) is 9.00. The average Bonchev–Trinajstić information content (AvgIpc) is 3.24. The Balaban J connectivity index is 0.00000280. The lowest BCUT2D eigenvalue weighted by Gasteiger charge is -2.09. The molecule has 0 saturated carbocycles. The second-order valence-electron chi connectivity index (χ2n) is 6.33. The minimum atomic E-state index is 0. The largest absolute Gasteiger partial charge is 0.444 e. The lowest BCUT2D eigenvalue weighted by molar-refractivity contribution is 0.463. The van der Waals surface area contributed by atoms with E-state index < -0.39 is 0 Å². The summed E-state index contributed by atoms with van der Waals surface area (Å²) in [7, 11) is 0. The van der Waals surface area contributed by atoms with Crippen molar-refractivity contribution in [3.05, 3.63) is 71.2 Å². The number of nitrogens with zero attached hydrogens (tertiary/aromatic N) is 4. The number of halogens is 1. The van der Waals surface area contributed by atoms with E-state index in [4.69, 9.17) is 4.42 Å². The highest BCUT2D eigenvalue weighted by molar-refractivity contribution is 14.0. The van der Waals surface area contributed by atoms with Crippen molar-refractivity contribution in [2.24, 2.45) is 4.99 Å². The Hall–Kier alpha value is -2.36. The topological polar surface area (TPSA) is 80.3 Å². The number of nitrogens with one attached hydrogen (secondary N) is 2. The number of rotatable bonds is 7. The molecule has 28 heavy (non-hydrogen) atoms. The predicted octanol–water partition coefficient (Wildman–Crippen LogP) is 3.41. The first-order chi connectivity index (χ1) is 13.1. The van der Waals surface area contributed by atoms with Crippen LogP contribution in [-0.2, 0) is 19.6 Å². The molecule has 0 radical (unpaired) electrons. The van der Waals surface area contributed by atoms with Gasteiger partial charge in [0.1, 0.15) is 5.76 Å². The third-order valence-corrected chi connectivity index (χ3v) is 4.12. The molecular formula is C20H27IN6O. The van der Waals surface area contributed by atoms with E-state index in [0.29, 0.717) is 19.0 Å². The molecule has 7 nitrogen and oxygen atoms in total. The lowest BCUT2D eigenvalue weighted by atomic mass is 10.2. The van der Waals surface area contributed by atoms with Crippen LogP contribution in [0.25, 0.3) is 0 Å². The van der Waals surface area contributed by atoms with E-state index in [1.54, 1.807) is 0 Å². The van der Waals surface area contributed by atoms with Crippen molar-refractivity contribution < 1.29 is 4.42 Å². The average molecular weight is 494 g/mol. The monoisotopic (exact) mass is 494 g/mol. The molecule has 0 unspecified atom stereocenters. The van der Waals surface area contributed by atoms with Crippen LogP contribution in [-0.4, -0.2) is 27.3 Å². The number of aliphatic imine (C=N–C) groups is 1. The van der Waals surface area contributed by atoms with Gasteiger partial charge in [-0.3, -0.25) is 4.68 Å². The summed E-state index contributed by atoms with van der Waals surface area (Å²) in [6.07, 6.45) is 3.89. The van der Waals surface area contributed by atoms with Gasteiger partial charge in [-0.1, -0.05) is 30.3 Å². The molecule has 0 aliphatic heterocycles. The van der Waals surface area contributed by atoms with Crippen LogP contribution in [0.2, 0.25) is 0 Å². The van der Waals surface area contributed by atoms with Gasteiger partial charge >= 0.3 is 0 Å². The third kappa shape index (κ3) is 6.36. The minimum Gasteiger partial charge on any atom is -0.444 e. The van der Waals surface area contributed by atoms with Gasteiger partial charge in [0.2, 0.25) is 5.89 Å². The Morgan fingerprint density at radius 2 is 1.93 bits per heavy atom. The van der Waals surface area contributed by atoms with Crippen LogP contribution in [0.3, 0.4) is 0 Å². The molecular weight excluding hydrogens is 467 g/mol. The molecule has 0 fully saturated rings. The fourth-order valence-electron chi connectivity index (χ4n) is 2.63. The van der Waals surface area contributed by atoms with Crippen LogP contribution in [0.15, 0.2) is 52.1 Å². The van der Waals surface area contributed by atoms with Crippen molar-refractivity contribution in [2.45, 2.75) is 40.4 Å². The van der Waals surface area contributed by atoms with Crippen molar-refractivity contribution in [3.8, 4) is 0 Å². The summed E-state index contributed by atoms with van der Waals surface area (Å²) < 4.78 is 7.53. The molecule has 3 aromatic rings. The number of hydrogen-bond donors (Lipinski definition) is 2. The van der Waals surface area contributed by atoms with Gasteiger partial charge in [0.25, 0.3) is 0 Å². The second kappa shape index (κ2) is 10.8. The summed E-state index contributed by atoms with van der Waals surface area (Å²) in [5.74, 6) is 2.23. The zero-order chi connectivity index (χ0) is 19.1. The van der Waals surface area contributed by atoms with Crippen LogP contribution in [0.1, 0.15) is 35.4 Å². The molecule has 0 bridgehead atoms. The Bertz CT molecular complexity index is 868. The Kier molecular flexibility index (Phi) is 8.49. The summed E-state index contributed by atoms with van der Waals surface area (Å²) in [6, 6.07) is 10.3. The molecule has 8 heteroatoms. The molecule has 0 aliphatic carbocycles. The molecule has 0 atom stereocenters. The predicted molar refractivity (Wildman–Crippen MR) is 121 cm³/mol. The van der Waals surface area contributed by atoms with E-state index in [0.717, 1.165) is 36.1 Å². The van der Waals surface area contributed by atoms with Gasteiger partial charge in [-0.25, -0.2) is 9.98 Å². The summed E-state index contributed by atoms with van der Waals surface area (Å²) in [5, 5.41) is 10.9. The summed E-state index contributed by atoms with van der Waals surface area (Å²) >= 11 is 0. The van der Waals surface area contributed by atoms with Crippen LogP contribution in [0.4, 0.5) is 0 Å². The first-order valence-corrected chi connectivity index (χ1v) is 9.14. The third-order valence-electron chi connectivity index (χ3n) is 4.12. The van der Waals surface area contributed by atoms with Gasteiger partial charge < -0.3 is 15.1 Å². The van der Waals surface area contributed by atoms with E-state index in [9.17, 15) is 0 Å². The van der Waals surface area contributed by atoms with Crippen LogP contribution >= 0.6 is 24.0 Å². The van der Waals surface area contributed by atoms with Crippen molar-refractivity contribution in [3.63, 3.8) is 0 Å². The van der Waals surface area contributed by atoms with E-state index in [1.807, 2.05) is 56.0 Å². The summed E-state index contributed by atoms with van der Waals surface area (Å²) in [5.41, 5.74) is 3.20. The molecule has 0 amide bonds. The SMILES string of the molecule is CCNC(=NCc1cnn(Cc2ccccc2)c1)NCc1nc(C)c(C)o1.I. The maximum Gasteiger partial charge on any atom is 0.214 e. The lowest BCUT2D eigenvalue weighted by Crippen LogP contribution is -2.36. The van der Waals surface area contributed by atoms with Gasteiger partial charge in [-0.05, 0) is 26.3 Å². The van der Waals surface area contributed by atoms with Crippen molar-refractivity contribution in [2.75, 3.05) is 6.54 Å². The molecule has 0 spiro atoms. The maximum atomic E-state index is 5.60. The molecule has 1 aromatic carbocycles. The highest BCUT2D eigenvalue weighted by Crippen LogP contribution is 2.08. The first-order valence-electron chi connectivity index (χ1n) is 9.14. The number of hydrogen-bond acceptors (Lipinski definition) is 4. The normalized spacial score (nSPS) is 11.2. The van der Waals surface area contributed by atoms with E-state index in [2.05, 4.69) is 37.8 Å². The molecule has 2 N–H and O–H groups in total. The van der Waals surface area contributed by atoms with Crippen LogP contribution < -0.4 is 10.6 Å². The Morgan fingerprint density at radius 1 is 1.14 bits per heavy atom. The zero-order valence-electron chi connectivity index (χ0n) is 16.5. The molecule has 2 heterocycles. The van der Waals surface area contributed by atoms with E-state index in [1.165, 1.54) is 5.56 Å². The zero-order valence-corrected chi connectivity index (χ0v) is 18.8. The van der Waals surface area contributed by atoms with Crippen molar-refractivity contribution >= 4 is 29.9 Å². The van der Waals surface area contributed by atoms with E-state index >= 15 is 0 Å². The smallest absolute Gasteiger partial charge is 0.214 e. The minimum absolute atomic E-state index is 0. The fourth-order valence-corrected chi connectivity index (χ4v) is 2.63. The number of aryl methyl sites for hydroxylation is 2. The summed E-state index contributed by atoms with van der Waals surface area (Å²) in [6.45, 7) is 8.47. The number of aromatic nitrogens is 3. The van der Waals surface area contributed by atoms with Crippen molar-refractivity contribution in [1.82, 2.24) is 25.4 Å². The van der Waals surface area contributed by atoms with E-state index in [-0.39, 0.29) is 24.0 Å². The highest BCUT2D eigenvalue weighted by Gasteiger charge is 2.07. The van der Waals surface area contributed by atoms with Gasteiger partial charge in [0, 0.05) is 18.3 Å². The van der Waals surface area contributed by atoms with Crippen LogP contribution in [0.5, 0.6) is 0 Å². The molecule has 150 valence electrons. The maximum absolute atomic E-state index is 5.60. The number of benzene rings is 1. The number of guanidine groups is 1. The first kappa shape index (κ1) is 21.9. The molecule has 2 aromatic heterocycles.